The van der Waals surface area contributed by atoms with Crippen LogP contribution >= 0.6 is 34.2 Å². The number of aryl methyl sites for hydroxylation is 1. The van der Waals surface area contributed by atoms with Crippen LogP contribution in [0, 0.1) is 10.5 Å². The first-order chi connectivity index (χ1) is 11.5. The Bertz CT molecular complexity index is 1000. The van der Waals surface area contributed by atoms with Crippen molar-refractivity contribution in [2.24, 2.45) is 0 Å². The van der Waals surface area contributed by atoms with Crippen molar-refractivity contribution in [3.05, 3.63) is 55.1 Å². The minimum absolute atomic E-state index is 0.168. The van der Waals surface area contributed by atoms with Crippen LogP contribution in [-0.4, -0.2) is 23.8 Å². The van der Waals surface area contributed by atoms with Crippen LogP contribution in [0.4, 0.5) is 0 Å². The molecule has 0 spiro atoms. The second-order valence-corrected chi connectivity index (χ2v) is 6.77. The van der Waals surface area contributed by atoms with Crippen molar-refractivity contribution in [2.45, 2.75) is 6.92 Å². The molecule has 7 heteroatoms. The summed E-state index contributed by atoms with van der Waals surface area (Å²) in [6, 6.07) is 8.89. The minimum atomic E-state index is -0.168. The van der Waals surface area contributed by atoms with Crippen LogP contribution in [-0.2, 0) is 0 Å². The molecule has 0 saturated heterocycles. The van der Waals surface area contributed by atoms with Gasteiger partial charge in [-0.2, -0.15) is 0 Å². The molecule has 0 aliphatic rings. The number of hydrogen-bond acceptors (Lipinski definition) is 4. The molecule has 0 N–H and O–H groups in total. The highest BCUT2D eigenvalue weighted by molar-refractivity contribution is 14.1. The number of halogens is 2. The first-order valence-corrected chi connectivity index (χ1v) is 8.52. The molecule has 0 atom stereocenters. The Hall–Kier alpha value is -1.80. The van der Waals surface area contributed by atoms with Gasteiger partial charge in [0.25, 0.3) is 5.56 Å². The summed E-state index contributed by atoms with van der Waals surface area (Å²) < 4.78 is 13.1. The van der Waals surface area contributed by atoms with Crippen molar-refractivity contribution in [1.82, 2.24) is 9.55 Å². The van der Waals surface area contributed by atoms with Gasteiger partial charge in [-0.1, -0.05) is 11.6 Å². The number of methoxy groups -OCH3 is 2. The summed E-state index contributed by atoms with van der Waals surface area (Å²) in [7, 11) is 3.05. The number of ether oxygens (including phenoxy) is 2. The van der Waals surface area contributed by atoms with Gasteiger partial charge in [0.1, 0.15) is 17.3 Å². The van der Waals surface area contributed by atoms with E-state index >= 15 is 0 Å². The molecule has 3 aromatic rings. The molecule has 0 bridgehead atoms. The van der Waals surface area contributed by atoms with Gasteiger partial charge < -0.3 is 9.47 Å². The monoisotopic (exact) mass is 456 g/mol. The topological polar surface area (TPSA) is 53.4 Å². The van der Waals surface area contributed by atoms with Crippen LogP contribution in [0.25, 0.3) is 16.6 Å². The number of benzene rings is 2. The van der Waals surface area contributed by atoms with E-state index in [0.29, 0.717) is 38.9 Å². The van der Waals surface area contributed by atoms with Crippen molar-refractivity contribution >= 4 is 45.1 Å². The number of hydrogen-bond donors (Lipinski definition) is 0. The molecule has 0 aliphatic heterocycles. The fraction of sp³-hybridized carbons (Fsp3) is 0.176. The zero-order chi connectivity index (χ0) is 17.4. The smallest absolute Gasteiger partial charge is 0.266 e. The molecule has 0 unspecified atom stereocenters. The Labute approximate surface area is 157 Å². The van der Waals surface area contributed by atoms with Gasteiger partial charge >= 0.3 is 0 Å². The average Bonchev–Trinajstić information content (AvgIpc) is 2.56. The molecule has 3 rings (SSSR count). The first kappa shape index (κ1) is 17.0. The van der Waals surface area contributed by atoms with E-state index in [1.54, 1.807) is 19.1 Å². The molecule has 5 nitrogen and oxygen atoms in total. The summed E-state index contributed by atoms with van der Waals surface area (Å²) in [5, 5.41) is 0.954. The molecule has 24 heavy (non-hydrogen) atoms. The molecular formula is C17H14ClIN2O3. The van der Waals surface area contributed by atoms with Crippen LogP contribution in [0.2, 0.25) is 5.02 Å². The van der Waals surface area contributed by atoms with Crippen molar-refractivity contribution in [1.29, 1.82) is 0 Å². The lowest BCUT2D eigenvalue weighted by molar-refractivity contribution is 0.401. The Morgan fingerprint density at radius 1 is 1.12 bits per heavy atom. The van der Waals surface area contributed by atoms with E-state index in [0.717, 1.165) is 3.57 Å². The quantitative estimate of drug-likeness (QED) is 0.560. The molecule has 0 amide bonds. The fourth-order valence-corrected chi connectivity index (χ4v) is 3.29. The maximum atomic E-state index is 13.0. The van der Waals surface area contributed by atoms with E-state index in [1.807, 2.05) is 18.2 Å². The van der Waals surface area contributed by atoms with Crippen molar-refractivity contribution in [2.75, 3.05) is 14.2 Å². The van der Waals surface area contributed by atoms with E-state index in [9.17, 15) is 4.79 Å². The van der Waals surface area contributed by atoms with Crippen LogP contribution in [0.5, 0.6) is 11.5 Å². The minimum Gasteiger partial charge on any atom is -0.495 e. The highest BCUT2D eigenvalue weighted by Crippen LogP contribution is 2.34. The normalized spacial score (nSPS) is 10.9. The maximum absolute atomic E-state index is 13.0. The predicted octanol–water partition coefficient (Wildman–Crippen LogP) is 3.97. The van der Waals surface area contributed by atoms with Gasteiger partial charge in [0.2, 0.25) is 0 Å². The second-order valence-electron chi connectivity index (χ2n) is 5.12. The molecule has 2 aromatic carbocycles. The highest BCUT2D eigenvalue weighted by Gasteiger charge is 2.17. The fourth-order valence-electron chi connectivity index (χ4n) is 2.57. The van der Waals surface area contributed by atoms with Gasteiger partial charge in [0.05, 0.1) is 35.8 Å². The zero-order valence-electron chi connectivity index (χ0n) is 13.3. The van der Waals surface area contributed by atoms with Crippen LogP contribution in [0.1, 0.15) is 5.82 Å². The number of nitrogens with zero attached hydrogens (tertiary/aromatic N) is 2. The molecule has 124 valence electrons. The summed E-state index contributed by atoms with van der Waals surface area (Å²) in [4.78, 5) is 17.6. The summed E-state index contributed by atoms with van der Waals surface area (Å²) >= 11 is 8.33. The van der Waals surface area contributed by atoms with E-state index in [2.05, 4.69) is 27.6 Å². The van der Waals surface area contributed by atoms with Crippen molar-refractivity contribution in [3.63, 3.8) is 0 Å². The van der Waals surface area contributed by atoms with E-state index in [1.165, 1.54) is 18.8 Å². The van der Waals surface area contributed by atoms with E-state index in [-0.39, 0.29) is 5.56 Å². The lowest BCUT2D eigenvalue weighted by Crippen LogP contribution is -2.23. The molecule has 0 radical (unpaired) electrons. The molecule has 0 aliphatic carbocycles. The van der Waals surface area contributed by atoms with Crippen molar-refractivity contribution < 1.29 is 9.47 Å². The standard InChI is InChI=1S/C17H14ClIN2O3/c1-9-20-13-5-4-10(19)6-11(13)17(22)21(9)14-8-15(23-2)12(18)7-16(14)24-3/h4-8H,1-3H3. The Morgan fingerprint density at radius 3 is 2.50 bits per heavy atom. The Morgan fingerprint density at radius 2 is 1.83 bits per heavy atom. The van der Waals surface area contributed by atoms with Gasteiger partial charge in [0.15, 0.2) is 0 Å². The predicted molar refractivity (Wildman–Crippen MR) is 103 cm³/mol. The van der Waals surface area contributed by atoms with Gasteiger partial charge in [0, 0.05) is 15.7 Å². The Kier molecular flexibility index (Phi) is 4.69. The third-order valence-corrected chi connectivity index (χ3v) is 4.66. The average molecular weight is 457 g/mol. The van der Waals surface area contributed by atoms with Crippen molar-refractivity contribution in [3.8, 4) is 17.2 Å². The van der Waals surface area contributed by atoms with E-state index in [4.69, 9.17) is 21.1 Å². The second kappa shape index (κ2) is 6.60. The van der Waals surface area contributed by atoms with Gasteiger partial charge in [-0.3, -0.25) is 9.36 Å². The van der Waals surface area contributed by atoms with Gasteiger partial charge in [-0.15, -0.1) is 0 Å². The number of aromatic nitrogens is 2. The number of rotatable bonds is 3. The maximum Gasteiger partial charge on any atom is 0.266 e. The van der Waals surface area contributed by atoms with Crippen LogP contribution in [0.3, 0.4) is 0 Å². The number of fused-ring (bicyclic) bond motifs is 1. The highest BCUT2D eigenvalue weighted by atomic mass is 127. The van der Waals surface area contributed by atoms with Crippen LogP contribution < -0.4 is 15.0 Å². The first-order valence-electron chi connectivity index (χ1n) is 7.07. The summed E-state index contributed by atoms with van der Waals surface area (Å²) in [5.41, 5.74) is 1.03. The molecule has 1 aromatic heterocycles. The summed E-state index contributed by atoms with van der Waals surface area (Å²) in [6.45, 7) is 1.78. The molecule has 0 saturated carbocycles. The largest absolute Gasteiger partial charge is 0.495 e. The van der Waals surface area contributed by atoms with Gasteiger partial charge in [-0.05, 0) is 47.7 Å². The zero-order valence-corrected chi connectivity index (χ0v) is 16.2. The third-order valence-electron chi connectivity index (χ3n) is 3.69. The Balaban J connectivity index is 2.40. The van der Waals surface area contributed by atoms with Crippen LogP contribution in [0.15, 0.2) is 35.1 Å². The molecular weight excluding hydrogens is 443 g/mol. The lowest BCUT2D eigenvalue weighted by atomic mass is 10.2. The SMILES string of the molecule is COc1cc(-n2c(C)nc3ccc(I)cc3c2=O)c(OC)cc1Cl. The lowest BCUT2D eigenvalue weighted by Gasteiger charge is -2.16. The van der Waals surface area contributed by atoms with E-state index < -0.39 is 0 Å². The van der Waals surface area contributed by atoms with Gasteiger partial charge in [-0.25, -0.2) is 4.98 Å². The summed E-state index contributed by atoms with van der Waals surface area (Å²) in [5.74, 6) is 1.48. The summed E-state index contributed by atoms with van der Waals surface area (Å²) in [6.07, 6.45) is 0. The molecule has 0 fully saturated rings. The third kappa shape index (κ3) is 2.84. The molecule has 1 heterocycles.